The highest BCUT2D eigenvalue weighted by Gasteiger charge is 2.23. The highest BCUT2D eigenvalue weighted by Crippen LogP contribution is 2.29. The minimum absolute atomic E-state index is 0.139. The molecule has 0 aliphatic rings. The van der Waals surface area contributed by atoms with Crippen molar-refractivity contribution in [3.63, 3.8) is 0 Å². The molecule has 0 N–H and O–H groups in total. The van der Waals surface area contributed by atoms with Crippen LogP contribution in [0.25, 0.3) is 5.69 Å². The van der Waals surface area contributed by atoms with E-state index in [2.05, 4.69) is 5.10 Å². The molecule has 0 atom stereocenters. The van der Waals surface area contributed by atoms with Gasteiger partial charge in [-0.05, 0) is 31.2 Å². The Kier molecular flexibility index (Phi) is 4.34. The molecule has 1 aromatic heterocycles. The van der Waals surface area contributed by atoms with E-state index in [0.29, 0.717) is 18.0 Å². The summed E-state index contributed by atoms with van der Waals surface area (Å²) in [6.45, 7) is 2.37. The fourth-order valence-corrected chi connectivity index (χ4v) is 1.99. The third-order valence-electron chi connectivity index (χ3n) is 2.61. The minimum atomic E-state index is -2.86. The second kappa shape index (κ2) is 6.00. The summed E-state index contributed by atoms with van der Waals surface area (Å²) in [6, 6.07) is 6.57. The van der Waals surface area contributed by atoms with Crippen molar-refractivity contribution >= 4 is 17.9 Å². The van der Waals surface area contributed by atoms with Crippen molar-refractivity contribution in [1.29, 1.82) is 0 Å². The molecule has 0 radical (unpaired) electrons. The number of aldehydes is 1. The van der Waals surface area contributed by atoms with Crippen molar-refractivity contribution < 1.29 is 18.3 Å². The van der Waals surface area contributed by atoms with Gasteiger partial charge in [-0.2, -0.15) is 5.10 Å². The average molecular weight is 301 g/mol. The average Bonchev–Trinajstić information content (AvgIpc) is 2.77. The van der Waals surface area contributed by atoms with Crippen LogP contribution >= 0.6 is 11.6 Å². The first-order chi connectivity index (χ1) is 9.58. The molecule has 0 aliphatic carbocycles. The summed E-state index contributed by atoms with van der Waals surface area (Å²) in [7, 11) is 0. The maximum atomic E-state index is 12.8. The standard InChI is InChI=1S/C13H11ClF2N2O2/c1-2-20-9-5-3-8(4-6-9)18-12(14)10(7-19)11(17-18)13(15)16/h3-7,13H,2H2,1H3. The molecule has 1 aromatic carbocycles. The highest BCUT2D eigenvalue weighted by molar-refractivity contribution is 6.32. The van der Waals surface area contributed by atoms with Gasteiger partial charge in [-0.1, -0.05) is 11.6 Å². The Bertz CT molecular complexity index is 612. The van der Waals surface area contributed by atoms with E-state index >= 15 is 0 Å². The van der Waals surface area contributed by atoms with Crippen molar-refractivity contribution in [2.45, 2.75) is 13.3 Å². The summed E-state index contributed by atoms with van der Waals surface area (Å²) < 4.78 is 31.9. The molecular formula is C13H11ClF2N2O2. The fraction of sp³-hybridized carbons (Fsp3) is 0.231. The Hall–Kier alpha value is -1.95. The third kappa shape index (κ3) is 2.65. The van der Waals surface area contributed by atoms with Crippen LogP contribution in [0, 0.1) is 0 Å². The van der Waals surface area contributed by atoms with Crippen molar-refractivity contribution in [3.05, 3.63) is 40.7 Å². The first-order valence-corrected chi connectivity index (χ1v) is 6.21. The number of alkyl halides is 2. The second-order valence-electron chi connectivity index (χ2n) is 3.85. The molecule has 0 unspecified atom stereocenters. The zero-order chi connectivity index (χ0) is 14.7. The topological polar surface area (TPSA) is 44.1 Å². The lowest BCUT2D eigenvalue weighted by molar-refractivity contribution is 0.110. The molecule has 0 amide bonds. The lowest BCUT2D eigenvalue weighted by Gasteiger charge is -2.06. The smallest absolute Gasteiger partial charge is 0.282 e. The number of nitrogens with zero attached hydrogens (tertiary/aromatic N) is 2. The van der Waals surface area contributed by atoms with Gasteiger partial charge in [-0.3, -0.25) is 4.79 Å². The quantitative estimate of drug-likeness (QED) is 0.791. The molecule has 0 saturated heterocycles. The first-order valence-electron chi connectivity index (χ1n) is 5.83. The number of carbonyl (C=O) groups is 1. The molecule has 2 rings (SSSR count). The van der Waals surface area contributed by atoms with Gasteiger partial charge >= 0.3 is 0 Å². The van der Waals surface area contributed by atoms with Gasteiger partial charge < -0.3 is 4.74 Å². The van der Waals surface area contributed by atoms with Crippen molar-refractivity contribution in [2.24, 2.45) is 0 Å². The van der Waals surface area contributed by atoms with E-state index in [1.807, 2.05) is 6.92 Å². The number of hydrogen-bond donors (Lipinski definition) is 0. The van der Waals surface area contributed by atoms with Crippen LogP contribution in [0.2, 0.25) is 5.15 Å². The van der Waals surface area contributed by atoms with E-state index in [1.54, 1.807) is 24.3 Å². The number of hydrogen-bond acceptors (Lipinski definition) is 3. The van der Waals surface area contributed by atoms with Crippen molar-refractivity contribution in [2.75, 3.05) is 6.61 Å². The van der Waals surface area contributed by atoms with Gasteiger partial charge in [-0.15, -0.1) is 0 Å². The Morgan fingerprint density at radius 2 is 2.05 bits per heavy atom. The van der Waals surface area contributed by atoms with E-state index in [9.17, 15) is 13.6 Å². The predicted octanol–water partition coefficient (Wildman–Crippen LogP) is 3.67. The molecule has 20 heavy (non-hydrogen) atoms. The Morgan fingerprint density at radius 3 is 2.50 bits per heavy atom. The molecule has 2 aromatic rings. The zero-order valence-electron chi connectivity index (χ0n) is 10.5. The number of benzene rings is 1. The number of rotatable bonds is 5. The van der Waals surface area contributed by atoms with Crippen LogP contribution in [-0.4, -0.2) is 22.7 Å². The maximum Gasteiger partial charge on any atom is 0.282 e. The van der Waals surface area contributed by atoms with Crippen LogP contribution in [0.3, 0.4) is 0 Å². The molecule has 106 valence electrons. The Labute approximate surface area is 118 Å². The van der Waals surface area contributed by atoms with E-state index in [1.165, 1.54) is 0 Å². The second-order valence-corrected chi connectivity index (χ2v) is 4.21. The molecular weight excluding hydrogens is 290 g/mol. The SMILES string of the molecule is CCOc1ccc(-n2nc(C(F)F)c(C=O)c2Cl)cc1. The van der Waals surface area contributed by atoms with Gasteiger partial charge in [0.15, 0.2) is 6.29 Å². The summed E-state index contributed by atoms with van der Waals surface area (Å²) in [5, 5.41) is 3.55. The summed E-state index contributed by atoms with van der Waals surface area (Å²) >= 11 is 5.91. The van der Waals surface area contributed by atoms with Crippen LogP contribution < -0.4 is 4.74 Å². The molecule has 0 saturated carbocycles. The van der Waals surface area contributed by atoms with Gasteiger partial charge in [0.25, 0.3) is 6.43 Å². The number of carbonyl (C=O) groups excluding carboxylic acids is 1. The summed E-state index contributed by atoms with van der Waals surface area (Å²) in [5.41, 5.74) is -0.456. The van der Waals surface area contributed by atoms with E-state index < -0.39 is 12.1 Å². The molecule has 0 aliphatic heterocycles. The van der Waals surface area contributed by atoms with E-state index in [-0.39, 0.29) is 17.0 Å². The third-order valence-corrected chi connectivity index (χ3v) is 2.97. The molecule has 7 heteroatoms. The van der Waals surface area contributed by atoms with Gasteiger partial charge in [0, 0.05) is 0 Å². The first kappa shape index (κ1) is 14.5. The summed E-state index contributed by atoms with van der Waals surface area (Å²) in [5.74, 6) is 0.643. The minimum Gasteiger partial charge on any atom is -0.494 e. The van der Waals surface area contributed by atoms with Crippen molar-refractivity contribution in [3.8, 4) is 11.4 Å². The Morgan fingerprint density at radius 1 is 1.40 bits per heavy atom. The molecule has 1 heterocycles. The number of halogens is 3. The summed E-state index contributed by atoms with van der Waals surface area (Å²) in [6.07, 6.45) is -2.58. The fourth-order valence-electron chi connectivity index (χ4n) is 1.72. The Balaban J connectivity index is 2.44. The lowest BCUT2D eigenvalue weighted by Crippen LogP contribution is -1.98. The van der Waals surface area contributed by atoms with Gasteiger partial charge in [0.1, 0.15) is 16.6 Å². The monoisotopic (exact) mass is 300 g/mol. The van der Waals surface area contributed by atoms with Crippen LogP contribution in [0.1, 0.15) is 29.4 Å². The van der Waals surface area contributed by atoms with Crippen LogP contribution in [0.15, 0.2) is 24.3 Å². The normalized spacial score (nSPS) is 10.8. The zero-order valence-corrected chi connectivity index (χ0v) is 11.3. The largest absolute Gasteiger partial charge is 0.494 e. The number of aromatic nitrogens is 2. The molecule has 0 bridgehead atoms. The van der Waals surface area contributed by atoms with E-state index in [4.69, 9.17) is 16.3 Å². The highest BCUT2D eigenvalue weighted by atomic mass is 35.5. The van der Waals surface area contributed by atoms with Crippen LogP contribution in [0.4, 0.5) is 8.78 Å². The van der Waals surface area contributed by atoms with Gasteiger partial charge in [0.05, 0.1) is 17.9 Å². The number of ether oxygens (including phenoxy) is 1. The predicted molar refractivity (Wildman–Crippen MR) is 70.1 cm³/mol. The van der Waals surface area contributed by atoms with Crippen LogP contribution in [-0.2, 0) is 0 Å². The van der Waals surface area contributed by atoms with Gasteiger partial charge in [-0.25, -0.2) is 13.5 Å². The molecule has 4 nitrogen and oxygen atoms in total. The molecule has 0 fully saturated rings. The molecule has 0 spiro atoms. The van der Waals surface area contributed by atoms with E-state index in [0.717, 1.165) is 4.68 Å². The summed E-state index contributed by atoms with van der Waals surface area (Å²) in [4.78, 5) is 10.8. The maximum absolute atomic E-state index is 12.8. The van der Waals surface area contributed by atoms with Crippen molar-refractivity contribution in [1.82, 2.24) is 9.78 Å². The van der Waals surface area contributed by atoms with Crippen LogP contribution in [0.5, 0.6) is 5.75 Å². The lowest BCUT2D eigenvalue weighted by atomic mass is 10.3. The van der Waals surface area contributed by atoms with Gasteiger partial charge in [0.2, 0.25) is 0 Å².